The van der Waals surface area contributed by atoms with E-state index in [0.29, 0.717) is 17.1 Å². The van der Waals surface area contributed by atoms with Gasteiger partial charge in [-0.15, -0.1) is 0 Å². The second-order valence-corrected chi connectivity index (χ2v) is 5.79. The number of nitrogens with one attached hydrogen (secondary N) is 2. The molecule has 2 amide bonds. The maximum atomic E-state index is 11.7. The van der Waals surface area contributed by atoms with Crippen molar-refractivity contribution in [2.45, 2.75) is 18.9 Å². The van der Waals surface area contributed by atoms with Crippen molar-refractivity contribution < 1.29 is 14.7 Å². The van der Waals surface area contributed by atoms with Crippen LogP contribution in [0.3, 0.4) is 0 Å². The molecule has 0 aliphatic heterocycles. The van der Waals surface area contributed by atoms with Gasteiger partial charge in [-0.1, -0.05) is 29.8 Å². The summed E-state index contributed by atoms with van der Waals surface area (Å²) in [4.78, 5) is 23.0. The van der Waals surface area contributed by atoms with Crippen LogP contribution in [0.1, 0.15) is 24.4 Å². The van der Waals surface area contributed by atoms with Gasteiger partial charge in [-0.3, -0.25) is 0 Å². The molecule has 0 aliphatic rings. The lowest BCUT2D eigenvalue weighted by Gasteiger charge is -2.16. The molecule has 7 heteroatoms. The lowest BCUT2D eigenvalue weighted by atomic mass is 10.1. The number of amides is 2. The van der Waals surface area contributed by atoms with E-state index in [4.69, 9.17) is 11.6 Å². The van der Waals surface area contributed by atoms with E-state index in [1.165, 1.54) is 0 Å². The third-order valence-corrected chi connectivity index (χ3v) is 3.84. The number of carbonyl (C=O) groups excluding carboxylic acids is 1. The quantitative estimate of drug-likeness (QED) is 0.640. The molecule has 0 spiro atoms. The number of rotatable bonds is 8. The number of benzene rings is 1. The molecule has 1 aromatic carbocycles. The molecule has 1 aromatic rings. The average molecular weight is 331 g/mol. The van der Waals surface area contributed by atoms with Gasteiger partial charge in [-0.05, 0) is 30.9 Å². The molecule has 0 aromatic heterocycles. The molecule has 0 saturated heterocycles. The summed E-state index contributed by atoms with van der Waals surface area (Å²) in [5.74, 6) is -0.110. The Hall–Kier alpha value is -1.40. The van der Waals surface area contributed by atoms with Crippen LogP contribution in [0.15, 0.2) is 24.3 Å². The molecular weight excluding hydrogens is 312 g/mol. The van der Waals surface area contributed by atoms with Crippen LogP contribution < -0.4 is 10.6 Å². The fourth-order valence-electron chi connectivity index (χ4n) is 1.74. The first-order valence-electron chi connectivity index (χ1n) is 6.56. The van der Waals surface area contributed by atoms with E-state index in [1.54, 1.807) is 36.0 Å². The fourth-order valence-corrected chi connectivity index (χ4v) is 2.47. The number of urea groups is 1. The predicted octanol–water partition coefficient (Wildman–Crippen LogP) is 2.91. The summed E-state index contributed by atoms with van der Waals surface area (Å²) in [6, 6.07) is 4.89. The second kappa shape index (κ2) is 9.52. The highest BCUT2D eigenvalue weighted by atomic mass is 35.5. The van der Waals surface area contributed by atoms with E-state index in [9.17, 15) is 14.7 Å². The largest absolute Gasteiger partial charge is 0.479 e. The zero-order chi connectivity index (χ0) is 15.7. The molecule has 0 bridgehead atoms. The van der Waals surface area contributed by atoms with Crippen molar-refractivity contribution in [3.63, 3.8) is 0 Å². The van der Waals surface area contributed by atoms with E-state index < -0.39 is 18.0 Å². The fraction of sp³-hybridized carbons (Fsp3) is 0.429. The van der Waals surface area contributed by atoms with Gasteiger partial charge in [0, 0.05) is 17.1 Å². The molecule has 0 fully saturated rings. The molecule has 5 nitrogen and oxygen atoms in total. The normalized spacial score (nSPS) is 11.7. The maximum Gasteiger partial charge on any atom is 0.331 e. The minimum absolute atomic E-state index is 0.310. The van der Waals surface area contributed by atoms with Crippen LogP contribution in [0.25, 0.3) is 0 Å². The molecule has 3 N–H and O–H groups in total. The van der Waals surface area contributed by atoms with Gasteiger partial charge in [0.05, 0.1) is 0 Å². The summed E-state index contributed by atoms with van der Waals surface area (Å²) in [6.45, 7) is 0.515. The summed E-state index contributed by atoms with van der Waals surface area (Å²) < 4.78 is 0. The number of aliphatic carboxylic acids is 1. The Balaban J connectivity index is 2.54. The Morgan fingerprint density at radius 3 is 2.67 bits per heavy atom. The van der Waals surface area contributed by atoms with Crippen molar-refractivity contribution in [2.75, 3.05) is 18.6 Å². The zero-order valence-corrected chi connectivity index (χ0v) is 13.3. The molecule has 0 radical (unpaired) electrons. The number of carbonyl (C=O) groups is 2. The standard InChI is InChI=1S/C14H19ClN2O3S/c1-21-9-5-4-8-16-14(20)17-12(13(18)19)10-6-2-3-7-11(10)15/h2-3,6-7,12H,4-5,8-9H2,1H3,(H,18,19)(H2,16,17,20)/t12-/m1/s1. The lowest BCUT2D eigenvalue weighted by Crippen LogP contribution is -2.41. The smallest absolute Gasteiger partial charge is 0.331 e. The van der Waals surface area contributed by atoms with Gasteiger partial charge >= 0.3 is 12.0 Å². The van der Waals surface area contributed by atoms with E-state index in [1.807, 2.05) is 6.26 Å². The minimum atomic E-state index is -1.16. The molecule has 116 valence electrons. The van der Waals surface area contributed by atoms with Gasteiger partial charge in [0.25, 0.3) is 0 Å². The van der Waals surface area contributed by atoms with Gasteiger partial charge < -0.3 is 15.7 Å². The molecule has 0 aliphatic carbocycles. The highest BCUT2D eigenvalue weighted by Crippen LogP contribution is 2.22. The van der Waals surface area contributed by atoms with Gasteiger partial charge in [0.1, 0.15) is 0 Å². The third kappa shape index (κ3) is 6.27. The van der Waals surface area contributed by atoms with Crippen LogP contribution in [0.2, 0.25) is 5.02 Å². The summed E-state index contributed by atoms with van der Waals surface area (Å²) in [5, 5.41) is 14.6. The summed E-state index contributed by atoms with van der Waals surface area (Å²) in [5.41, 5.74) is 0.365. The molecule has 0 saturated carbocycles. The Labute approximate surface area is 133 Å². The Morgan fingerprint density at radius 2 is 2.05 bits per heavy atom. The number of halogens is 1. The number of carboxylic acid groups (broad SMARTS) is 1. The van der Waals surface area contributed by atoms with Gasteiger partial charge in [0.15, 0.2) is 6.04 Å². The molecule has 0 heterocycles. The maximum absolute atomic E-state index is 11.7. The average Bonchev–Trinajstić information content (AvgIpc) is 2.45. The number of thioether (sulfide) groups is 1. The van der Waals surface area contributed by atoms with Crippen LogP contribution >= 0.6 is 23.4 Å². The lowest BCUT2D eigenvalue weighted by molar-refractivity contribution is -0.139. The van der Waals surface area contributed by atoms with Crippen LogP contribution in [0.5, 0.6) is 0 Å². The van der Waals surface area contributed by atoms with Crippen molar-refractivity contribution in [1.82, 2.24) is 10.6 Å². The number of hydrogen-bond donors (Lipinski definition) is 3. The van der Waals surface area contributed by atoms with Gasteiger partial charge in [-0.2, -0.15) is 11.8 Å². The number of unbranched alkanes of at least 4 members (excludes halogenated alkanes) is 1. The van der Waals surface area contributed by atoms with Crippen molar-refractivity contribution in [3.05, 3.63) is 34.9 Å². The first kappa shape index (κ1) is 17.7. The second-order valence-electron chi connectivity index (χ2n) is 4.39. The van der Waals surface area contributed by atoms with E-state index >= 15 is 0 Å². The van der Waals surface area contributed by atoms with Crippen LogP contribution in [-0.4, -0.2) is 35.7 Å². The van der Waals surface area contributed by atoms with Crippen molar-refractivity contribution >= 4 is 35.4 Å². The number of hydrogen-bond acceptors (Lipinski definition) is 3. The van der Waals surface area contributed by atoms with E-state index in [-0.39, 0.29) is 0 Å². The van der Waals surface area contributed by atoms with E-state index in [2.05, 4.69) is 10.6 Å². The Bertz CT molecular complexity index is 485. The van der Waals surface area contributed by atoms with Crippen LogP contribution in [-0.2, 0) is 4.79 Å². The molecule has 1 rings (SSSR count). The minimum Gasteiger partial charge on any atom is -0.479 e. The summed E-state index contributed by atoms with van der Waals surface area (Å²) in [7, 11) is 0. The molecule has 21 heavy (non-hydrogen) atoms. The molecule has 0 unspecified atom stereocenters. The highest BCUT2D eigenvalue weighted by molar-refractivity contribution is 7.98. The van der Waals surface area contributed by atoms with E-state index in [0.717, 1.165) is 18.6 Å². The highest BCUT2D eigenvalue weighted by Gasteiger charge is 2.23. The predicted molar refractivity (Wildman–Crippen MR) is 86.0 cm³/mol. The summed E-state index contributed by atoms with van der Waals surface area (Å²) >= 11 is 7.72. The first-order chi connectivity index (χ1) is 10.1. The molecule has 1 atom stereocenters. The third-order valence-electron chi connectivity index (χ3n) is 2.80. The molecular formula is C14H19ClN2O3S. The SMILES string of the molecule is CSCCCCNC(=O)N[C@@H](C(=O)O)c1ccccc1Cl. The van der Waals surface area contributed by atoms with Crippen LogP contribution in [0.4, 0.5) is 4.79 Å². The topological polar surface area (TPSA) is 78.4 Å². The zero-order valence-electron chi connectivity index (χ0n) is 11.8. The summed E-state index contributed by atoms with van der Waals surface area (Å²) in [6.07, 6.45) is 3.90. The van der Waals surface area contributed by atoms with Gasteiger partial charge in [-0.25, -0.2) is 9.59 Å². The van der Waals surface area contributed by atoms with Crippen LogP contribution in [0, 0.1) is 0 Å². The van der Waals surface area contributed by atoms with Crippen molar-refractivity contribution in [3.8, 4) is 0 Å². The Morgan fingerprint density at radius 1 is 1.33 bits per heavy atom. The number of carboxylic acids is 1. The monoisotopic (exact) mass is 330 g/mol. The van der Waals surface area contributed by atoms with Crippen molar-refractivity contribution in [1.29, 1.82) is 0 Å². The van der Waals surface area contributed by atoms with Gasteiger partial charge in [0.2, 0.25) is 0 Å². The first-order valence-corrected chi connectivity index (χ1v) is 8.34. The Kier molecular flexibility index (Phi) is 8.00. The van der Waals surface area contributed by atoms with Crippen molar-refractivity contribution in [2.24, 2.45) is 0 Å².